The molecule has 3 rings (SSSR count). The van der Waals surface area contributed by atoms with Crippen LogP contribution in [-0.2, 0) is 35.3 Å². The lowest BCUT2D eigenvalue weighted by molar-refractivity contribution is -0.120. The van der Waals surface area contributed by atoms with Gasteiger partial charge in [-0.15, -0.1) is 0 Å². The number of carbonyl (C=O) groups excluding carboxylic acids is 2. The Hall–Kier alpha value is -3.12. The number of rotatable bonds is 10. The Kier molecular flexibility index (Phi) is 7.25. The second-order valence-corrected chi connectivity index (χ2v) is 7.98. The molecule has 1 aromatic heterocycles. The molecule has 0 atom stereocenters. The van der Waals surface area contributed by atoms with Crippen LogP contribution in [0.1, 0.15) is 22.3 Å². The molecule has 0 spiro atoms. The molecule has 158 valence electrons. The standard InChI is InChI=1S/C24H30N4O2/c1-28(2)12-10-20-16-27-22-8-7-19(13-21(20)22)9-11-26-24(30)15-18-5-3-17(4-6-18)14-23(25)29/h3-8,13,16,27H,9-12,14-15H2,1-2H3,(H2,25,29)(H,26,30). The monoisotopic (exact) mass is 406 g/mol. The highest BCUT2D eigenvalue weighted by Crippen LogP contribution is 2.20. The van der Waals surface area contributed by atoms with Crippen molar-refractivity contribution in [1.82, 2.24) is 15.2 Å². The second kappa shape index (κ2) is 10.1. The number of nitrogens with two attached hydrogens (primary N) is 1. The van der Waals surface area contributed by atoms with Gasteiger partial charge >= 0.3 is 0 Å². The zero-order valence-corrected chi connectivity index (χ0v) is 17.7. The summed E-state index contributed by atoms with van der Waals surface area (Å²) in [5, 5.41) is 4.26. The van der Waals surface area contributed by atoms with Gasteiger partial charge in [0.2, 0.25) is 11.8 Å². The first-order valence-electron chi connectivity index (χ1n) is 10.3. The van der Waals surface area contributed by atoms with Crippen LogP contribution in [-0.4, -0.2) is 48.9 Å². The molecule has 0 unspecified atom stereocenters. The smallest absolute Gasteiger partial charge is 0.224 e. The van der Waals surface area contributed by atoms with Crippen LogP contribution in [0.2, 0.25) is 0 Å². The third-order valence-corrected chi connectivity index (χ3v) is 5.16. The molecule has 0 saturated heterocycles. The highest BCUT2D eigenvalue weighted by Gasteiger charge is 2.07. The quantitative estimate of drug-likeness (QED) is 0.482. The van der Waals surface area contributed by atoms with Crippen LogP contribution in [0, 0.1) is 0 Å². The molecule has 6 heteroatoms. The topological polar surface area (TPSA) is 91.2 Å². The number of H-pyrrole nitrogens is 1. The maximum Gasteiger partial charge on any atom is 0.224 e. The van der Waals surface area contributed by atoms with Crippen LogP contribution >= 0.6 is 0 Å². The van der Waals surface area contributed by atoms with Crippen LogP contribution in [0.5, 0.6) is 0 Å². The molecule has 0 bridgehead atoms. The minimum atomic E-state index is -0.358. The SMILES string of the molecule is CN(C)CCc1c[nH]c2ccc(CCNC(=O)Cc3ccc(CC(N)=O)cc3)cc12. The van der Waals surface area contributed by atoms with Gasteiger partial charge in [0.25, 0.3) is 0 Å². The van der Waals surface area contributed by atoms with Gasteiger partial charge in [-0.1, -0.05) is 30.3 Å². The van der Waals surface area contributed by atoms with Crippen molar-refractivity contribution in [1.29, 1.82) is 0 Å². The molecule has 2 aromatic carbocycles. The van der Waals surface area contributed by atoms with E-state index in [2.05, 4.69) is 53.7 Å². The van der Waals surface area contributed by atoms with Crippen molar-refractivity contribution in [2.45, 2.75) is 25.7 Å². The number of primary amides is 1. The summed E-state index contributed by atoms with van der Waals surface area (Å²) in [5.74, 6) is -0.366. The van der Waals surface area contributed by atoms with Crippen molar-refractivity contribution in [3.05, 3.63) is 70.9 Å². The number of carbonyl (C=O) groups is 2. The molecule has 3 aromatic rings. The molecule has 2 amide bonds. The second-order valence-electron chi connectivity index (χ2n) is 7.98. The number of fused-ring (bicyclic) bond motifs is 1. The van der Waals surface area contributed by atoms with Crippen molar-refractivity contribution in [3.63, 3.8) is 0 Å². The summed E-state index contributed by atoms with van der Waals surface area (Å²) in [6.45, 7) is 1.61. The summed E-state index contributed by atoms with van der Waals surface area (Å²) < 4.78 is 0. The predicted octanol–water partition coefficient (Wildman–Crippen LogP) is 2.20. The van der Waals surface area contributed by atoms with Crippen LogP contribution in [0.4, 0.5) is 0 Å². The highest BCUT2D eigenvalue weighted by atomic mass is 16.1. The number of hydrogen-bond acceptors (Lipinski definition) is 3. The van der Waals surface area contributed by atoms with E-state index < -0.39 is 0 Å². The van der Waals surface area contributed by atoms with E-state index in [1.54, 1.807) is 0 Å². The molecular weight excluding hydrogens is 376 g/mol. The summed E-state index contributed by atoms with van der Waals surface area (Å²) in [6.07, 6.45) is 4.43. The number of amides is 2. The number of aromatic nitrogens is 1. The summed E-state index contributed by atoms with van der Waals surface area (Å²) in [6, 6.07) is 13.9. The van der Waals surface area contributed by atoms with Crippen molar-refractivity contribution in [3.8, 4) is 0 Å². The maximum absolute atomic E-state index is 12.2. The van der Waals surface area contributed by atoms with E-state index in [9.17, 15) is 9.59 Å². The third kappa shape index (κ3) is 6.19. The summed E-state index contributed by atoms with van der Waals surface area (Å²) in [4.78, 5) is 28.7. The largest absolute Gasteiger partial charge is 0.369 e. The van der Waals surface area contributed by atoms with Gasteiger partial charge in [0, 0.05) is 30.2 Å². The van der Waals surface area contributed by atoms with E-state index >= 15 is 0 Å². The molecule has 30 heavy (non-hydrogen) atoms. The van der Waals surface area contributed by atoms with Crippen molar-refractivity contribution < 1.29 is 9.59 Å². The lowest BCUT2D eigenvalue weighted by Crippen LogP contribution is -2.27. The molecule has 0 radical (unpaired) electrons. The normalized spacial score (nSPS) is 11.2. The molecule has 4 N–H and O–H groups in total. The average molecular weight is 407 g/mol. The number of hydrogen-bond donors (Lipinski definition) is 3. The Balaban J connectivity index is 1.50. The Morgan fingerprint density at radius 2 is 1.63 bits per heavy atom. The van der Waals surface area contributed by atoms with Gasteiger partial charge in [-0.05, 0) is 61.3 Å². The van der Waals surface area contributed by atoms with Crippen LogP contribution in [0.25, 0.3) is 10.9 Å². The number of nitrogens with one attached hydrogen (secondary N) is 2. The Morgan fingerprint density at radius 1 is 0.967 bits per heavy atom. The van der Waals surface area contributed by atoms with Gasteiger partial charge in [-0.2, -0.15) is 0 Å². The van der Waals surface area contributed by atoms with Gasteiger partial charge in [0.15, 0.2) is 0 Å². The average Bonchev–Trinajstić information content (AvgIpc) is 3.10. The fourth-order valence-electron chi connectivity index (χ4n) is 3.50. The van der Waals surface area contributed by atoms with Crippen molar-refractivity contribution >= 4 is 22.7 Å². The zero-order valence-electron chi connectivity index (χ0n) is 17.7. The lowest BCUT2D eigenvalue weighted by atomic mass is 10.0. The first-order chi connectivity index (χ1) is 14.4. The Bertz CT molecular complexity index is 1010. The summed E-state index contributed by atoms with van der Waals surface area (Å²) >= 11 is 0. The van der Waals surface area contributed by atoms with E-state index in [-0.39, 0.29) is 18.2 Å². The molecule has 0 saturated carbocycles. The van der Waals surface area contributed by atoms with E-state index in [0.29, 0.717) is 13.0 Å². The number of aromatic amines is 1. The predicted molar refractivity (Wildman–Crippen MR) is 120 cm³/mol. The molecular formula is C24H30N4O2. The van der Waals surface area contributed by atoms with Crippen molar-refractivity contribution in [2.75, 3.05) is 27.2 Å². The maximum atomic E-state index is 12.2. The minimum absolute atomic E-state index is 0.00737. The summed E-state index contributed by atoms with van der Waals surface area (Å²) in [7, 11) is 4.16. The van der Waals surface area contributed by atoms with Crippen LogP contribution < -0.4 is 11.1 Å². The van der Waals surface area contributed by atoms with E-state index in [4.69, 9.17) is 5.73 Å². The molecule has 0 fully saturated rings. The van der Waals surface area contributed by atoms with Gasteiger partial charge in [0.05, 0.1) is 12.8 Å². The van der Waals surface area contributed by atoms with E-state index in [1.165, 1.54) is 16.5 Å². The zero-order chi connectivity index (χ0) is 21.5. The molecule has 0 aliphatic rings. The lowest BCUT2D eigenvalue weighted by Gasteiger charge is -2.09. The molecule has 6 nitrogen and oxygen atoms in total. The van der Waals surface area contributed by atoms with Gasteiger partial charge < -0.3 is 20.9 Å². The van der Waals surface area contributed by atoms with Crippen LogP contribution in [0.15, 0.2) is 48.7 Å². The van der Waals surface area contributed by atoms with Crippen molar-refractivity contribution in [2.24, 2.45) is 5.73 Å². The number of benzene rings is 2. The molecule has 0 aliphatic heterocycles. The number of nitrogens with zero attached hydrogens (tertiary/aromatic N) is 1. The molecule has 1 heterocycles. The third-order valence-electron chi connectivity index (χ3n) is 5.16. The Labute approximate surface area is 177 Å². The Morgan fingerprint density at radius 3 is 2.30 bits per heavy atom. The fraction of sp³-hybridized carbons (Fsp3) is 0.333. The van der Waals surface area contributed by atoms with Gasteiger partial charge in [0.1, 0.15) is 0 Å². The fourth-order valence-corrected chi connectivity index (χ4v) is 3.50. The first kappa shape index (κ1) is 21.6. The van der Waals surface area contributed by atoms with Crippen LogP contribution in [0.3, 0.4) is 0 Å². The van der Waals surface area contributed by atoms with Gasteiger partial charge in [-0.3, -0.25) is 9.59 Å². The van der Waals surface area contributed by atoms with Gasteiger partial charge in [-0.25, -0.2) is 0 Å². The first-order valence-corrected chi connectivity index (χ1v) is 10.3. The van der Waals surface area contributed by atoms with E-state index in [0.717, 1.165) is 36.0 Å². The molecule has 0 aliphatic carbocycles. The summed E-state index contributed by atoms with van der Waals surface area (Å²) in [5.41, 5.74) is 10.7. The van der Waals surface area contributed by atoms with E-state index in [1.807, 2.05) is 24.3 Å². The highest BCUT2D eigenvalue weighted by molar-refractivity contribution is 5.84. The number of likely N-dealkylation sites (N-methyl/N-ethyl adjacent to an activating group) is 1. The minimum Gasteiger partial charge on any atom is -0.369 e.